The largest absolute Gasteiger partial charge is 0.309 e. The van der Waals surface area contributed by atoms with Gasteiger partial charge in [-0.3, -0.25) is 0 Å². The molecule has 0 saturated heterocycles. The van der Waals surface area contributed by atoms with Gasteiger partial charge in [0.1, 0.15) is 0 Å². The van der Waals surface area contributed by atoms with Gasteiger partial charge in [-0.1, -0.05) is 97.1 Å². The average Bonchev–Trinajstić information content (AvgIpc) is 3.62. The highest BCUT2D eigenvalue weighted by molar-refractivity contribution is 6.28. The molecule has 0 aliphatic rings. The molecule has 3 aromatic heterocycles. The summed E-state index contributed by atoms with van der Waals surface area (Å²) in [6, 6.07) is 50.3. The fraction of sp³-hybridized carbons (Fsp3) is 0. The fourth-order valence-electron chi connectivity index (χ4n) is 6.68. The summed E-state index contributed by atoms with van der Waals surface area (Å²) in [5.41, 5.74) is 8.17. The molecule has 0 aliphatic heterocycles. The molecule has 0 saturated carbocycles. The molecule has 6 aromatic carbocycles. The standard InChI is InChI=1S/C39H24ClN5/c40-39-42-37(31-21-11-19-29-27-17-7-9-23-33(27)44(35(29)31)25-13-3-1-4-14-25)41-38(43-39)32-22-12-20-30-28-18-8-10-24-34(28)45(36(30)32)26-15-5-2-6-16-26/h1-24H. The van der Waals surface area contributed by atoms with Gasteiger partial charge in [0.2, 0.25) is 5.28 Å². The molecule has 0 N–H and O–H groups in total. The molecule has 212 valence electrons. The minimum atomic E-state index is 0.147. The monoisotopic (exact) mass is 597 g/mol. The molecule has 0 spiro atoms. The summed E-state index contributed by atoms with van der Waals surface area (Å²) in [5.74, 6) is 1.05. The van der Waals surface area contributed by atoms with E-state index in [1.54, 1.807) is 0 Å². The van der Waals surface area contributed by atoms with E-state index in [-0.39, 0.29) is 5.28 Å². The smallest absolute Gasteiger partial charge is 0.226 e. The number of nitrogens with zero attached hydrogens (tertiary/aromatic N) is 5. The highest BCUT2D eigenvalue weighted by Gasteiger charge is 2.21. The highest BCUT2D eigenvalue weighted by atomic mass is 35.5. The lowest BCUT2D eigenvalue weighted by Crippen LogP contribution is -2.01. The van der Waals surface area contributed by atoms with Crippen molar-refractivity contribution >= 4 is 55.2 Å². The van der Waals surface area contributed by atoms with Gasteiger partial charge < -0.3 is 9.13 Å². The number of halogens is 1. The Balaban J connectivity index is 1.35. The maximum absolute atomic E-state index is 6.75. The highest BCUT2D eigenvalue weighted by Crippen LogP contribution is 2.40. The van der Waals surface area contributed by atoms with Gasteiger partial charge in [0.15, 0.2) is 11.6 Å². The molecule has 0 unspecified atom stereocenters. The molecule has 0 amide bonds. The van der Waals surface area contributed by atoms with Gasteiger partial charge in [0, 0.05) is 44.0 Å². The first-order valence-electron chi connectivity index (χ1n) is 14.8. The van der Waals surface area contributed by atoms with Gasteiger partial charge in [-0.25, -0.2) is 4.98 Å². The van der Waals surface area contributed by atoms with E-state index in [4.69, 9.17) is 26.6 Å². The van der Waals surface area contributed by atoms with Crippen LogP contribution in [0.3, 0.4) is 0 Å². The number of para-hydroxylation sites is 6. The Labute approximate surface area is 263 Å². The van der Waals surface area contributed by atoms with Crippen molar-refractivity contribution in [2.75, 3.05) is 0 Å². The lowest BCUT2D eigenvalue weighted by atomic mass is 10.1. The van der Waals surface area contributed by atoms with Gasteiger partial charge in [0.05, 0.1) is 22.1 Å². The van der Waals surface area contributed by atoms with Crippen molar-refractivity contribution < 1.29 is 0 Å². The van der Waals surface area contributed by atoms with Gasteiger partial charge in [-0.05, 0) is 60.1 Å². The summed E-state index contributed by atoms with van der Waals surface area (Å²) in [6.07, 6.45) is 0. The predicted octanol–water partition coefficient (Wildman–Crippen LogP) is 10.1. The number of benzene rings is 6. The van der Waals surface area contributed by atoms with Gasteiger partial charge in [0.25, 0.3) is 0 Å². The third kappa shape index (κ3) is 3.98. The van der Waals surface area contributed by atoms with E-state index >= 15 is 0 Å². The number of rotatable bonds is 4. The quantitative estimate of drug-likeness (QED) is 0.203. The van der Waals surface area contributed by atoms with Crippen LogP contribution in [0.5, 0.6) is 0 Å². The van der Waals surface area contributed by atoms with Crippen LogP contribution in [-0.4, -0.2) is 24.1 Å². The van der Waals surface area contributed by atoms with Crippen LogP contribution >= 0.6 is 11.6 Å². The SMILES string of the molecule is Clc1nc(-c2cccc3c4ccccc4n(-c4ccccc4)c23)nc(-c2cccc3c4ccccc4n(-c4ccccc4)c23)n1. The van der Waals surface area contributed by atoms with Crippen LogP contribution in [0.25, 0.3) is 77.8 Å². The summed E-state index contributed by atoms with van der Waals surface area (Å²) in [6.45, 7) is 0. The van der Waals surface area contributed by atoms with Crippen LogP contribution in [-0.2, 0) is 0 Å². The van der Waals surface area contributed by atoms with Gasteiger partial charge in [-0.2, -0.15) is 9.97 Å². The Bertz CT molecular complexity index is 2370. The van der Waals surface area contributed by atoms with Crippen LogP contribution in [0.2, 0.25) is 5.28 Å². The van der Waals surface area contributed by atoms with E-state index < -0.39 is 0 Å². The molecule has 3 heterocycles. The Hall–Kier alpha value is -5.78. The van der Waals surface area contributed by atoms with E-state index in [0.717, 1.165) is 66.1 Å². The topological polar surface area (TPSA) is 48.5 Å². The maximum atomic E-state index is 6.75. The molecular formula is C39H24ClN5. The lowest BCUT2D eigenvalue weighted by Gasteiger charge is -2.13. The summed E-state index contributed by atoms with van der Waals surface area (Å²) >= 11 is 6.75. The molecule has 6 heteroatoms. The van der Waals surface area contributed by atoms with Crippen LogP contribution < -0.4 is 0 Å². The average molecular weight is 598 g/mol. The van der Waals surface area contributed by atoms with Crippen molar-refractivity contribution in [2.24, 2.45) is 0 Å². The van der Waals surface area contributed by atoms with Crippen LogP contribution in [0, 0.1) is 0 Å². The van der Waals surface area contributed by atoms with E-state index in [1.807, 2.05) is 12.1 Å². The molecule has 0 radical (unpaired) electrons. The van der Waals surface area contributed by atoms with Crippen LogP contribution in [0.1, 0.15) is 0 Å². The first-order valence-corrected chi connectivity index (χ1v) is 15.2. The number of fused-ring (bicyclic) bond motifs is 6. The van der Waals surface area contributed by atoms with Crippen molar-refractivity contribution in [3.63, 3.8) is 0 Å². The van der Waals surface area contributed by atoms with E-state index in [1.165, 1.54) is 0 Å². The van der Waals surface area contributed by atoms with E-state index in [9.17, 15) is 0 Å². The summed E-state index contributed by atoms with van der Waals surface area (Å²) in [5, 5.41) is 4.72. The van der Waals surface area contributed by atoms with E-state index in [0.29, 0.717) is 11.6 Å². The molecular weight excluding hydrogens is 574 g/mol. The molecule has 9 aromatic rings. The summed E-state index contributed by atoms with van der Waals surface area (Å²) in [7, 11) is 0. The molecule has 0 atom stereocenters. The Kier molecular flexibility index (Phi) is 5.80. The van der Waals surface area contributed by atoms with Crippen molar-refractivity contribution in [2.45, 2.75) is 0 Å². The van der Waals surface area contributed by atoms with Crippen molar-refractivity contribution in [3.05, 3.63) is 151 Å². The fourth-order valence-corrected chi connectivity index (χ4v) is 6.84. The minimum absolute atomic E-state index is 0.147. The second-order valence-corrected chi connectivity index (χ2v) is 11.4. The lowest BCUT2D eigenvalue weighted by molar-refractivity contribution is 1.06. The third-order valence-electron chi connectivity index (χ3n) is 8.51. The van der Waals surface area contributed by atoms with Crippen molar-refractivity contribution in [1.29, 1.82) is 0 Å². The van der Waals surface area contributed by atoms with Crippen LogP contribution in [0.15, 0.2) is 146 Å². The van der Waals surface area contributed by atoms with Crippen molar-refractivity contribution in [1.82, 2.24) is 24.1 Å². The zero-order valence-corrected chi connectivity index (χ0v) is 24.7. The van der Waals surface area contributed by atoms with Crippen LogP contribution in [0.4, 0.5) is 0 Å². The Morgan fingerprint density at radius 1 is 0.378 bits per heavy atom. The maximum Gasteiger partial charge on any atom is 0.226 e. The molecule has 45 heavy (non-hydrogen) atoms. The molecule has 0 aliphatic carbocycles. The predicted molar refractivity (Wildman–Crippen MR) is 184 cm³/mol. The van der Waals surface area contributed by atoms with Gasteiger partial charge in [-0.15, -0.1) is 0 Å². The summed E-state index contributed by atoms with van der Waals surface area (Å²) < 4.78 is 4.57. The number of hydrogen-bond acceptors (Lipinski definition) is 3. The second kappa shape index (κ2) is 10.2. The van der Waals surface area contributed by atoms with E-state index in [2.05, 4.69) is 143 Å². The summed E-state index contributed by atoms with van der Waals surface area (Å²) in [4.78, 5) is 14.6. The minimum Gasteiger partial charge on any atom is -0.309 e. The first kappa shape index (κ1) is 25.7. The first-order chi connectivity index (χ1) is 22.3. The molecule has 5 nitrogen and oxygen atoms in total. The normalized spacial score (nSPS) is 11.7. The van der Waals surface area contributed by atoms with Crippen molar-refractivity contribution in [3.8, 4) is 34.2 Å². The Morgan fingerprint density at radius 3 is 1.24 bits per heavy atom. The molecule has 0 bridgehead atoms. The number of hydrogen-bond donors (Lipinski definition) is 0. The third-order valence-corrected chi connectivity index (χ3v) is 8.68. The Morgan fingerprint density at radius 2 is 0.778 bits per heavy atom. The zero-order valence-electron chi connectivity index (χ0n) is 24.0. The zero-order chi connectivity index (χ0) is 29.9. The number of aromatic nitrogens is 5. The molecule has 0 fully saturated rings. The molecule has 9 rings (SSSR count). The second-order valence-electron chi connectivity index (χ2n) is 11.0. The van der Waals surface area contributed by atoms with Gasteiger partial charge >= 0.3 is 0 Å².